The Morgan fingerprint density at radius 2 is 2.07 bits per heavy atom. The third kappa shape index (κ3) is 1.83. The van der Waals surface area contributed by atoms with Crippen LogP contribution in [0.15, 0.2) is 30.6 Å². The molecule has 0 saturated heterocycles. The minimum Gasteiger partial charge on any atom is -0.278 e. The minimum absolute atomic E-state index is 0.574. The molecule has 14 heavy (non-hydrogen) atoms. The summed E-state index contributed by atoms with van der Waals surface area (Å²) in [7, 11) is -3.82. The summed E-state index contributed by atoms with van der Waals surface area (Å²) in [6.45, 7) is 0. The summed E-state index contributed by atoms with van der Waals surface area (Å²) < 4.78 is 27.1. The van der Waals surface area contributed by atoms with Crippen molar-refractivity contribution in [1.29, 1.82) is 0 Å². The van der Waals surface area contributed by atoms with Gasteiger partial charge in [-0.25, -0.2) is 4.98 Å². The van der Waals surface area contributed by atoms with Crippen molar-refractivity contribution in [3.8, 4) is 0 Å². The van der Waals surface area contributed by atoms with Crippen LogP contribution >= 0.6 is 11.7 Å². The molecule has 74 valence electrons. The molecule has 0 spiro atoms. The van der Waals surface area contributed by atoms with Gasteiger partial charge in [0.25, 0.3) is 0 Å². The van der Waals surface area contributed by atoms with Gasteiger partial charge in [-0.1, -0.05) is 12.1 Å². The van der Waals surface area contributed by atoms with Gasteiger partial charge in [0.15, 0.2) is 0 Å². The highest BCUT2D eigenvalue weighted by Gasteiger charge is 2.08. The fourth-order valence-electron chi connectivity index (χ4n) is 1.10. The van der Waals surface area contributed by atoms with E-state index in [0.29, 0.717) is 11.0 Å². The summed E-state index contributed by atoms with van der Waals surface area (Å²) >= 11 is 3.27. The van der Waals surface area contributed by atoms with E-state index in [9.17, 15) is 8.42 Å². The molecule has 0 atom stereocenters. The maximum Gasteiger partial charge on any atom is 0.381 e. The van der Waals surface area contributed by atoms with Crippen LogP contribution in [0.4, 0.5) is 0 Å². The van der Waals surface area contributed by atoms with Crippen LogP contribution in [0.2, 0.25) is 0 Å². The second kappa shape index (κ2) is 3.18. The lowest BCUT2D eigenvalue weighted by Crippen LogP contribution is -2.13. The average molecular weight is 230 g/mol. The molecule has 1 aromatic carbocycles. The fraction of sp³-hybridized carbons (Fsp3) is 0. The van der Waals surface area contributed by atoms with Crippen molar-refractivity contribution in [2.75, 3.05) is 0 Å². The quantitative estimate of drug-likeness (QED) is 0.607. The van der Waals surface area contributed by atoms with E-state index >= 15 is 0 Å². The second-order valence-electron chi connectivity index (χ2n) is 2.56. The number of hydrogen-bond donors (Lipinski definition) is 1. The Morgan fingerprint density at radius 1 is 1.36 bits per heavy atom. The Morgan fingerprint density at radius 3 is 2.79 bits per heavy atom. The first kappa shape index (κ1) is 9.35. The van der Waals surface area contributed by atoms with Crippen LogP contribution in [0.1, 0.15) is 0 Å². The highest BCUT2D eigenvalue weighted by Crippen LogP contribution is 2.11. The van der Waals surface area contributed by atoms with Crippen molar-refractivity contribution >= 4 is 31.8 Å². The lowest BCUT2D eigenvalue weighted by molar-refractivity contribution is 0.300. The van der Waals surface area contributed by atoms with Crippen molar-refractivity contribution in [3.05, 3.63) is 30.6 Å². The van der Waals surface area contributed by atoms with Crippen LogP contribution < -0.4 is 4.28 Å². The molecule has 1 heterocycles. The Kier molecular flexibility index (Phi) is 2.12. The van der Waals surface area contributed by atoms with Gasteiger partial charge in [-0.05, 0) is 23.8 Å². The van der Waals surface area contributed by atoms with Gasteiger partial charge >= 0.3 is 9.15 Å². The molecule has 2 aromatic rings. The number of nitrogens with zero attached hydrogens (tertiary/aromatic N) is 2. The SMILES string of the molecule is O=S(=O)(S)On1cnc2ccccc21. The van der Waals surface area contributed by atoms with Crippen LogP contribution in [0.3, 0.4) is 0 Å². The summed E-state index contributed by atoms with van der Waals surface area (Å²) in [5.41, 5.74) is 1.23. The number of thiol groups is 1. The second-order valence-corrected chi connectivity index (χ2v) is 4.91. The largest absolute Gasteiger partial charge is 0.381 e. The summed E-state index contributed by atoms with van der Waals surface area (Å²) in [6, 6.07) is 7.01. The van der Waals surface area contributed by atoms with Gasteiger partial charge in [0, 0.05) is 0 Å². The number of para-hydroxylation sites is 2. The maximum atomic E-state index is 10.7. The lowest BCUT2D eigenvalue weighted by Gasteiger charge is -2.01. The molecule has 1 aromatic heterocycles. The lowest BCUT2D eigenvalue weighted by atomic mass is 10.3. The van der Waals surface area contributed by atoms with Gasteiger partial charge in [0.2, 0.25) is 0 Å². The molecule has 2 rings (SSSR count). The first-order valence-corrected chi connectivity index (χ1v) is 6.12. The Balaban J connectivity index is 2.54. The Labute approximate surface area is 85.2 Å². The molecule has 0 amide bonds. The molecule has 0 aliphatic carbocycles. The highest BCUT2D eigenvalue weighted by atomic mass is 33.1. The molecule has 0 bridgehead atoms. The number of hydrogen-bond acceptors (Lipinski definition) is 4. The van der Waals surface area contributed by atoms with Gasteiger partial charge in [0.05, 0.1) is 5.52 Å². The van der Waals surface area contributed by atoms with E-state index in [-0.39, 0.29) is 0 Å². The molecule has 0 aliphatic heterocycles. The van der Waals surface area contributed by atoms with Crippen LogP contribution in [0, 0.1) is 0 Å². The average Bonchev–Trinajstić information content (AvgIpc) is 2.47. The van der Waals surface area contributed by atoms with E-state index in [1.54, 1.807) is 24.3 Å². The minimum atomic E-state index is -3.82. The van der Waals surface area contributed by atoms with E-state index in [1.165, 1.54) is 6.33 Å². The summed E-state index contributed by atoms with van der Waals surface area (Å²) in [5.74, 6) is 0. The molecule has 0 unspecified atom stereocenters. The smallest absolute Gasteiger partial charge is 0.278 e. The van der Waals surface area contributed by atoms with Crippen LogP contribution in [0.25, 0.3) is 11.0 Å². The molecule has 0 aliphatic rings. The maximum absolute atomic E-state index is 10.7. The Bertz CT molecular complexity index is 561. The van der Waals surface area contributed by atoms with Crippen molar-refractivity contribution in [1.82, 2.24) is 9.71 Å². The Hall–Kier alpha value is -1.21. The van der Waals surface area contributed by atoms with E-state index in [1.807, 2.05) is 0 Å². The highest BCUT2D eigenvalue weighted by molar-refractivity contribution is 8.61. The number of fused-ring (bicyclic) bond motifs is 1. The summed E-state index contributed by atoms with van der Waals surface area (Å²) in [6.07, 6.45) is 1.28. The van der Waals surface area contributed by atoms with Crippen LogP contribution in [-0.4, -0.2) is 18.1 Å². The predicted octanol–water partition coefficient (Wildman–Crippen LogP) is 0.640. The standard InChI is InChI=1S/C7H6N2O3S2/c10-14(11,13)12-9-5-8-6-3-1-2-4-7(6)9/h1-5H,(H,10,11,13). The summed E-state index contributed by atoms with van der Waals surface area (Å²) in [4.78, 5) is 3.94. The molecular weight excluding hydrogens is 224 g/mol. The zero-order valence-electron chi connectivity index (χ0n) is 6.86. The van der Waals surface area contributed by atoms with E-state index < -0.39 is 9.15 Å². The van der Waals surface area contributed by atoms with Gasteiger partial charge in [-0.2, -0.15) is 13.1 Å². The van der Waals surface area contributed by atoms with E-state index in [4.69, 9.17) is 0 Å². The molecule has 7 heteroatoms. The first-order chi connectivity index (χ1) is 6.56. The van der Waals surface area contributed by atoms with Gasteiger partial charge in [-0.3, -0.25) is 4.28 Å². The molecule has 5 nitrogen and oxygen atoms in total. The van der Waals surface area contributed by atoms with E-state index in [0.717, 1.165) is 4.73 Å². The van der Waals surface area contributed by atoms with Crippen molar-refractivity contribution in [2.45, 2.75) is 0 Å². The van der Waals surface area contributed by atoms with Crippen molar-refractivity contribution in [2.24, 2.45) is 0 Å². The first-order valence-electron chi connectivity index (χ1n) is 3.66. The number of benzene rings is 1. The normalized spacial score (nSPS) is 11.8. The van der Waals surface area contributed by atoms with E-state index in [2.05, 4.69) is 20.9 Å². The zero-order valence-corrected chi connectivity index (χ0v) is 8.57. The van der Waals surface area contributed by atoms with Crippen molar-refractivity contribution in [3.63, 3.8) is 0 Å². The third-order valence-corrected chi connectivity index (χ3v) is 2.14. The van der Waals surface area contributed by atoms with Crippen molar-refractivity contribution < 1.29 is 12.7 Å². The fourth-order valence-corrected chi connectivity index (χ4v) is 1.63. The number of imidazole rings is 1. The molecule has 0 saturated carbocycles. The summed E-state index contributed by atoms with van der Waals surface area (Å²) in [5, 5.41) is 0. The number of aromatic nitrogens is 2. The molecular formula is C7H6N2O3S2. The van der Waals surface area contributed by atoms with Gasteiger partial charge in [0.1, 0.15) is 11.8 Å². The third-order valence-electron chi connectivity index (χ3n) is 1.60. The molecule has 0 fully saturated rings. The number of rotatable bonds is 2. The van der Waals surface area contributed by atoms with Crippen LogP contribution in [0.5, 0.6) is 0 Å². The topological polar surface area (TPSA) is 61.2 Å². The molecule has 0 radical (unpaired) electrons. The molecule has 0 N–H and O–H groups in total. The van der Waals surface area contributed by atoms with Gasteiger partial charge < -0.3 is 0 Å². The monoisotopic (exact) mass is 230 g/mol. The van der Waals surface area contributed by atoms with Crippen LogP contribution in [-0.2, 0) is 9.15 Å². The zero-order chi connectivity index (χ0) is 10.2. The van der Waals surface area contributed by atoms with Gasteiger partial charge in [-0.15, -0.1) is 0 Å². The predicted molar refractivity (Wildman–Crippen MR) is 54.2 cm³/mol.